The number of amides is 1. The third-order valence-electron chi connectivity index (χ3n) is 2.46. The van der Waals surface area contributed by atoms with Crippen LogP contribution in [0.15, 0.2) is 0 Å². The summed E-state index contributed by atoms with van der Waals surface area (Å²) in [6.45, 7) is 1.74. The number of aryl methyl sites for hydroxylation is 1. The lowest BCUT2D eigenvalue weighted by molar-refractivity contribution is -0.116. The number of hydrogen-bond donors (Lipinski definition) is 2. The molecule has 112 valence electrons. The Balaban J connectivity index is 2.03. The Labute approximate surface area is 123 Å². The van der Waals surface area contributed by atoms with Crippen LogP contribution in [0.4, 0.5) is 10.9 Å². The molecule has 3 N–H and O–H groups in total. The van der Waals surface area contributed by atoms with Gasteiger partial charge in [0.1, 0.15) is 11.6 Å². The van der Waals surface area contributed by atoms with E-state index < -0.39 is 11.9 Å². The molecule has 0 spiro atoms. The quantitative estimate of drug-likeness (QED) is 0.718. The maximum atomic E-state index is 11.8. The molecule has 2 aromatic rings. The van der Waals surface area contributed by atoms with Gasteiger partial charge in [-0.25, -0.2) is 9.48 Å². The van der Waals surface area contributed by atoms with Crippen LogP contribution in [0.2, 0.25) is 0 Å². The molecule has 0 fully saturated rings. The van der Waals surface area contributed by atoms with Gasteiger partial charge >= 0.3 is 5.97 Å². The van der Waals surface area contributed by atoms with Gasteiger partial charge in [-0.15, -0.1) is 15.3 Å². The SMILES string of the molecule is CCc1nnc(NC(=O)Cn2nnc(C(=O)OC)c2N)s1. The highest BCUT2D eigenvalue weighted by Gasteiger charge is 2.19. The zero-order valence-corrected chi connectivity index (χ0v) is 12.2. The summed E-state index contributed by atoms with van der Waals surface area (Å²) in [6.07, 6.45) is 0.742. The fourth-order valence-corrected chi connectivity index (χ4v) is 2.12. The average molecular weight is 311 g/mol. The number of nitrogens with two attached hydrogens (primary N) is 1. The number of hydrogen-bond acceptors (Lipinski definition) is 9. The van der Waals surface area contributed by atoms with Crippen LogP contribution in [-0.2, 0) is 22.5 Å². The van der Waals surface area contributed by atoms with Crippen molar-refractivity contribution in [3.8, 4) is 0 Å². The molecule has 0 radical (unpaired) electrons. The average Bonchev–Trinajstić information content (AvgIpc) is 3.06. The molecule has 0 aliphatic heterocycles. The molecule has 0 unspecified atom stereocenters. The molecule has 0 bridgehead atoms. The van der Waals surface area contributed by atoms with Crippen molar-refractivity contribution in [2.45, 2.75) is 19.9 Å². The first-order valence-corrected chi connectivity index (χ1v) is 6.76. The summed E-state index contributed by atoms with van der Waals surface area (Å²) in [5.74, 6) is -1.15. The minimum atomic E-state index is -0.712. The van der Waals surface area contributed by atoms with Crippen molar-refractivity contribution in [1.82, 2.24) is 25.2 Å². The molecule has 0 saturated carbocycles. The zero-order chi connectivity index (χ0) is 15.4. The smallest absolute Gasteiger partial charge is 0.362 e. The second kappa shape index (κ2) is 6.26. The van der Waals surface area contributed by atoms with Crippen LogP contribution >= 0.6 is 11.3 Å². The van der Waals surface area contributed by atoms with Crippen LogP contribution in [0.5, 0.6) is 0 Å². The zero-order valence-electron chi connectivity index (χ0n) is 11.4. The van der Waals surface area contributed by atoms with Crippen molar-refractivity contribution in [3.05, 3.63) is 10.7 Å². The van der Waals surface area contributed by atoms with E-state index in [-0.39, 0.29) is 18.1 Å². The van der Waals surface area contributed by atoms with Crippen molar-refractivity contribution >= 4 is 34.2 Å². The van der Waals surface area contributed by atoms with Crippen LogP contribution in [0.1, 0.15) is 22.4 Å². The molecule has 1 amide bonds. The molecule has 2 aromatic heterocycles. The lowest BCUT2D eigenvalue weighted by Gasteiger charge is -2.02. The van der Waals surface area contributed by atoms with Crippen molar-refractivity contribution in [2.75, 3.05) is 18.2 Å². The second-order valence-electron chi connectivity index (χ2n) is 3.88. The van der Waals surface area contributed by atoms with Crippen LogP contribution in [0.25, 0.3) is 0 Å². The first-order valence-electron chi connectivity index (χ1n) is 5.94. The summed E-state index contributed by atoms with van der Waals surface area (Å²) in [5.41, 5.74) is 5.55. The van der Waals surface area contributed by atoms with Gasteiger partial charge in [-0.05, 0) is 6.42 Å². The summed E-state index contributed by atoms with van der Waals surface area (Å²) in [4.78, 5) is 23.2. The predicted octanol–water partition coefficient (Wildman–Crippen LogP) is -0.301. The highest BCUT2D eigenvalue weighted by Crippen LogP contribution is 2.15. The van der Waals surface area contributed by atoms with Crippen LogP contribution in [-0.4, -0.2) is 44.2 Å². The number of rotatable bonds is 5. The topological polar surface area (TPSA) is 138 Å². The molecule has 0 atom stereocenters. The van der Waals surface area contributed by atoms with Gasteiger partial charge in [0, 0.05) is 0 Å². The normalized spacial score (nSPS) is 10.4. The molecular weight excluding hydrogens is 298 g/mol. The molecule has 10 nitrogen and oxygen atoms in total. The van der Waals surface area contributed by atoms with E-state index in [2.05, 4.69) is 30.6 Å². The number of nitrogen functional groups attached to an aromatic ring is 1. The Morgan fingerprint density at radius 3 is 2.76 bits per heavy atom. The fraction of sp³-hybridized carbons (Fsp3) is 0.400. The maximum Gasteiger partial charge on any atom is 0.362 e. The lowest BCUT2D eigenvalue weighted by atomic mass is 10.4. The first kappa shape index (κ1) is 14.8. The Morgan fingerprint density at radius 1 is 1.38 bits per heavy atom. The van der Waals surface area contributed by atoms with Crippen molar-refractivity contribution < 1.29 is 14.3 Å². The van der Waals surface area contributed by atoms with E-state index in [4.69, 9.17) is 5.73 Å². The van der Waals surface area contributed by atoms with Gasteiger partial charge in [-0.3, -0.25) is 10.1 Å². The van der Waals surface area contributed by atoms with Crippen LogP contribution in [0, 0.1) is 0 Å². The Morgan fingerprint density at radius 2 is 2.14 bits per heavy atom. The summed E-state index contributed by atoms with van der Waals surface area (Å²) in [7, 11) is 1.20. The Kier molecular flexibility index (Phi) is 4.42. The van der Waals surface area contributed by atoms with E-state index >= 15 is 0 Å². The monoisotopic (exact) mass is 311 g/mol. The largest absolute Gasteiger partial charge is 0.464 e. The van der Waals surface area contributed by atoms with Crippen molar-refractivity contribution in [2.24, 2.45) is 0 Å². The standard InChI is InChI=1S/C10H13N7O3S/c1-3-6-13-15-10(21-6)12-5(18)4-17-8(11)7(14-16-17)9(19)20-2/h3-4,11H2,1-2H3,(H,12,15,18). The molecule has 0 aliphatic carbocycles. The third kappa shape index (κ3) is 3.31. The van der Waals surface area contributed by atoms with Crippen LogP contribution < -0.4 is 11.1 Å². The number of nitrogens with one attached hydrogen (secondary N) is 1. The van der Waals surface area contributed by atoms with E-state index in [0.29, 0.717) is 5.13 Å². The van der Waals surface area contributed by atoms with E-state index in [1.165, 1.54) is 18.4 Å². The molecule has 11 heteroatoms. The van der Waals surface area contributed by atoms with Gasteiger partial charge in [0.05, 0.1) is 7.11 Å². The minimum absolute atomic E-state index is 0.0384. The number of aromatic nitrogens is 5. The number of anilines is 2. The maximum absolute atomic E-state index is 11.8. The van der Waals surface area contributed by atoms with E-state index in [0.717, 1.165) is 16.1 Å². The van der Waals surface area contributed by atoms with E-state index in [1.807, 2.05) is 6.92 Å². The van der Waals surface area contributed by atoms with Gasteiger partial charge in [-0.2, -0.15) is 0 Å². The molecular formula is C10H13N7O3S. The summed E-state index contributed by atoms with van der Waals surface area (Å²) < 4.78 is 5.59. The highest BCUT2D eigenvalue weighted by molar-refractivity contribution is 7.15. The van der Waals surface area contributed by atoms with Crippen LogP contribution in [0.3, 0.4) is 0 Å². The van der Waals surface area contributed by atoms with Crippen molar-refractivity contribution in [1.29, 1.82) is 0 Å². The Bertz CT molecular complexity index is 665. The molecule has 0 aromatic carbocycles. The lowest BCUT2D eigenvalue weighted by Crippen LogP contribution is -2.21. The molecule has 0 saturated heterocycles. The van der Waals surface area contributed by atoms with Gasteiger partial charge in [-0.1, -0.05) is 23.5 Å². The molecule has 21 heavy (non-hydrogen) atoms. The summed E-state index contributed by atoms with van der Waals surface area (Å²) in [5, 5.41) is 18.7. The summed E-state index contributed by atoms with van der Waals surface area (Å²) in [6, 6.07) is 0. The number of carbonyl (C=O) groups is 2. The number of nitrogens with zero attached hydrogens (tertiary/aromatic N) is 5. The van der Waals surface area contributed by atoms with E-state index in [9.17, 15) is 9.59 Å². The molecule has 2 rings (SSSR count). The number of carbonyl (C=O) groups excluding carboxylic acids is 2. The first-order chi connectivity index (χ1) is 10.0. The summed E-state index contributed by atoms with van der Waals surface area (Å²) >= 11 is 1.28. The minimum Gasteiger partial charge on any atom is -0.464 e. The molecule has 2 heterocycles. The van der Waals surface area contributed by atoms with Gasteiger partial charge < -0.3 is 10.5 Å². The van der Waals surface area contributed by atoms with Gasteiger partial charge in [0.15, 0.2) is 5.82 Å². The van der Waals surface area contributed by atoms with Crippen molar-refractivity contribution in [3.63, 3.8) is 0 Å². The van der Waals surface area contributed by atoms with Gasteiger partial charge in [0.25, 0.3) is 0 Å². The number of ether oxygens (including phenoxy) is 1. The van der Waals surface area contributed by atoms with Gasteiger partial charge in [0.2, 0.25) is 16.7 Å². The number of methoxy groups -OCH3 is 1. The Hall–Kier alpha value is -2.56. The predicted molar refractivity (Wildman–Crippen MR) is 73.7 cm³/mol. The second-order valence-corrected chi connectivity index (χ2v) is 4.94. The fourth-order valence-electron chi connectivity index (χ4n) is 1.42. The van der Waals surface area contributed by atoms with E-state index in [1.54, 1.807) is 0 Å². The molecule has 0 aliphatic rings. The highest BCUT2D eigenvalue weighted by atomic mass is 32.1. The third-order valence-corrected chi connectivity index (χ3v) is 3.44. The number of esters is 1.